The number of carbonyl (C=O) groups excluding carboxylic acids is 2. The Hall–Kier alpha value is -3.22. The summed E-state index contributed by atoms with van der Waals surface area (Å²) in [5, 5.41) is 2.57. The lowest BCUT2D eigenvalue weighted by atomic mass is 10.1. The van der Waals surface area contributed by atoms with E-state index in [0.29, 0.717) is 5.56 Å². The third-order valence-electron chi connectivity index (χ3n) is 4.58. The van der Waals surface area contributed by atoms with Gasteiger partial charge >= 0.3 is 0 Å². The molecule has 2 aromatic carbocycles. The zero-order chi connectivity index (χ0) is 21.7. The Bertz CT molecular complexity index is 1090. The minimum absolute atomic E-state index is 0.000512. The van der Waals surface area contributed by atoms with Gasteiger partial charge in [-0.1, -0.05) is 24.1 Å². The zero-order valence-electron chi connectivity index (χ0n) is 16.0. The average Bonchev–Trinajstić information content (AvgIpc) is 2.74. The Morgan fingerprint density at radius 2 is 1.97 bits per heavy atom. The fraction of sp³-hybridized carbons (Fsp3) is 0.238. The monoisotopic (exact) mass is 429 g/mol. The highest BCUT2D eigenvalue weighted by atomic mass is 32.2. The Kier molecular flexibility index (Phi) is 6.50. The van der Waals surface area contributed by atoms with Gasteiger partial charge in [0, 0.05) is 25.2 Å². The number of rotatable bonds is 6. The molecular weight excluding hydrogens is 409 g/mol. The number of hydrogen-bond acceptors (Lipinski definition) is 4. The topological polar surface area (TPSA) is 86.8 Å². The average molecular weight is 429 g/mol. The smallest absolute Gasteiger partial charge is 0.254 e. The van der Waals surface area contributed by atoms with Crippen molar-refractivity contribution in [1.29, 1.82) is 0 Å². The SMILES string of the molecule is C#CCN(Cc1ccc(F)cc1)C(=O)c1cccc(S(=O)(=O)N2CCNC(=O)C2)c1. The van der Waals surface area contributed by atoms with E-state index in [4.69, 9.17) is 6.42 Å². The van der Waals surface area contributed by atoms with Gasteiger partial charge in [-0.2, -0.15) is 4.31 Å². The van der Waals surface area contributed by atoms with Crippen molar-refractivity contribution in [2.24, 2.45) is 0 Å². The Balaban J connectivity index is 1.85. The first-order valence-corrected chi connectivity index (χ1v) is 10.6. The van der Waals surface area contributed by atoms with Crippen LogP contribution < -0.4 is 5.32 Å². The second-order valence-electron chi connectivity index (χ2n) is 6.71. The fourth-order valence-electron chi connectivity index (χ4n) is 3.06. The van der Waals surface area contributed by atoms with Crippen molar-refractivity contribution in [3.8, 4) is 12.3 Å². The van der Waals surface area contributed by atoms with Crippen molar-refractivity contribution < 1.29 is 22.4 Å². The molecule has 0 unspecified atom stereocenters. The second kappa shape index (κ2) is 9.07. The van der Waals surface area contributed by atoms with Crippen molar-refractivity contribution in [3.05, 3.63) is 65.5 Å². The molecule has 0 spiro atoms. The zero-order valence-corrected chi connectivity index (χ0v) is 16.9. The minimum atomic E-state index is -3.93. The van der Waals surface area contributed by atoms with Crippen LogP contribution in [0.2, 0.25) is 0 Å². The molecule has 3 rings (SSSR count). The van der Waals surface area contributed by atoms with Gasteiger partial charge in [0.05, 0.1) is 18.0 Å². The number of nitrogens with one attached hydrogen (secondary N) is 1. The molecule has 9 heteroatoms. The molecule has 156 valence electrons. The standard InChI is InChI=1S/C21H20FN3O4S/c1-2-11-24(14-16-6-8-18(22)9-7-16)21(27)17-4-3-5-19(13-17)30(28,29)25-12-10-23-20(26)15-25/h1,3-9,13H,10-12,14-15H2,(H,23,26). The first kappa shape index (κ1) is 21.5. The molecule has 0 bridgehead atoms. The molecule has 1 fully saturated rings. The second-order valence-corrected chi connectivity index (χ2v) is 8.65. The lowest BCUT2D eigenvalue weighted by molar-refractivity contribution is -0.122. The predicted octanol–water partition coefficient (Wildman–Crippen LogP) is 1.22. The van der Waals surface area contributed by atoms with Gasteiger partial charge in [-0.05, 0) is 35.9 Å². The van der Waals surface area contributed by atoms with Crippen LogP contribution in [0, 0.1) is 18.2 Å². The molecule has 0 aromatic heterocycles. The van der Waals surface area contributed by atoms with E-state index in [0.717, 1.165) is 4.31 Å². The van der Waals surface area contributed by atoms with Crippen molar-refractivity contribution >= 4 is 21.8 Å². The molecular formula is C21H20FN3O4S. The lowest BCUT2D eigenvalue weighted by Gasteiger charge is -2.26. The molecule has 1 aliphatic heterocycles. The van der Waals surface area contributed by atoms with Crippen molar-refractivity contribution in [3.63, 3.8) is 0 Å². The van der Waals surface area contributed by atoms with Gasteiger partial charge in [0.2, 0.25) is 15.9 Å². The summed E-state index contributed by atoms with van der Waals surface area (Å²) in [4.78, 5) is 25.8. The molecule has 30 heavy (non-hydrogen) atoms. The van der Waals surface area contributed by atoms with Gasteiger partial charge in [0.15, 0.2) is 0 Å². The summed E-state index contributed by atoms with van der Waals surface area (Å²) in [7, 11) is -3.93. The van der Waals surface area contributed by atoms with E-state index in [1.54, 1.807) is 12.1 Å². The van der Waals surface area contributed by atoms with Crippen LogP contribution in [0.25, 0.3) is 0 Å². The summed E-state index contributed by atoms with van der Waals surface area (Å²) in [6, 6.07) is 11.3. The van der Waals surface area contributed by atoms with Crippen LogP contribution in [-0.2, 0) is 21.4 Å². The van der Waals surface area contributed by atoms with E-state index in [2.05, 4.69) is 11.2 Å². The van der Waals surface area contributed by atoms with Crippen LogP contribution in [-0.4, -0.2) is 55.6 Å². The third kappa shape index (κ3) is 4.84. The molecule has 1 aliphatic rings. The van der Waals surface area contributed by atoms with Gasteiger partial charge in [-0.3, -0.25) is 9.59 Å². The van der Waals surface area contributed by atoms with Crippen molar-refractivity contribution in [2.75, 3.05) is 26.2 Å². The summed E-state index contributed by atoms with van der Waals surface area (Å²) in [5.41, 5.74) is 0.831. The maximum absolute atomic E-state index is 13.1. The van der Waals surface area contributed by atoms with E-state index < -0.39 is 21.7 Å². The number of benzene rings is 2. The Labute approximate surface area is 174 Å². The summed E-state index contributed by atoms with van der Waals surface area (Å²) in [6.45, 7) is 0.255. The summed E-state index contributed by atoms with van der Waals surface area (Å²) >= 11 is 0. The minimum Gasteiger partial charge on any atom is -0.354 e. The van der Waals surface area contributed by atoms with Gasteiger partial charge in [0.1, 0.15) is 5.82 Å². The normalized spacial score (nSPS) is 14.6. The van der Waals surface area contributed by atoms with Crippen LogP contribution in [0.1, 0.15) is 15.9 Å². The Morgan fingerprint density at radius 1 is 1.23 bits per heavy atom. The predicted molar refractivity (Wildman–Crippen MR) is 108 cm³/mol. The van der Waals surface area contributed by atoms with Crippen LogP contribution >= 0.6 is 0 Å². The Morgan fingerprint density at radius 3 is 2.63 bits per heavy atom. The van der Waals surface area contributed by atoms with Crippen molar-refractivity contribution in [2.45, 2.75) is 11.4 Å². The number of amides is 2. The number of sulfonamides is 1. The van der Waals surface area contributed by atoms with Crippen LogP contribution in [0.5, 0.6) is 0 Å². The highest BCUT2D eigenvalue weighted by Crippen LogP contribution is 2.19. The van der Waals surface area contributed by atoms with E-state index in [-0.39, 0.29) is 49.1 Å². The number of hydrogen-bond donors (Lipinski definition) is 1. The highest BCUT2D eigenvalue weighted by molar-refractivity contribution is 7.89. The first-order chi connectivity index (χ1) is 14.3. The lowest BCUT2D eigenvalue weighted by Crippen LogP contribution is -2.49. The van der Waals surface area contributed by atoms with Crippen molar-refractivity contribution in [1.82, 2.24) is 14.5 Å². The quantitative estimate of drug-likeness (QED) is 0.700. The molecule has 0 atom stereocenters. The van der Waals surface area contributed by atoms with E-state index in [1.165, 1.54) is 41.3 Å². The summed E-state index contributed by atoms with van der Waals surface area (Å²) in [5.74, 6) is 1.19. The number of terminal acetylenes is 1. The van der Waals surface area contributed by atoms with E-state index >= 15 is 0 Å². The maximum atomic E-state index is 13.1. The maximum Gasteiger partial charge on any atom is 0.254 e. The molecule has 1 heterocycles. The third-order valence-corrected chi connectivity index (χ3v) is 6.42. The number of carbonyl (C=O) groups is 2. The fourth-order valence-corrected chi connectivity index (χ4v) is 4.50. The van der Waals surface area contributed by atoms with Crippen LogP contribution in [0.3, 0.4) is 0 Å². The first-order valence-electron chi connectivity index (χ1n) is 9.15. The van der Waals surface area contributed by atoms with Crippen LogP contribution in [0.4, 0.5) is 4.39 Å². The molecule has 1 N–H and O–H groups in total. The summed E-state index contributed by atoms with van der Waals surface area (Å²) in [6.07, 6.45) is 5.39. The summed E-state index contributed by atoms with van der Waals surface area (Å²) < 4.78 is 40.0. The molecule has 0 radical (unpaired) electrons. The number of piperazine rings is 1. The molecule has 0 saturated carbocycles. The van der Waals surface area contributed by atoms with Gasteiger partial charge < -0.3 is 10.2 Å². The molecule has 7 nitrogen and oxygen atoms in total. The van der Waals surface area contributed by atoms with E-state index in [1.807, 2.05) is 0 Å². The van der Waals surface area contributed by atoms with Gasteiger partial charge in [-0.25, -0.2) is 12.8 Å². The number of nitrogens with zero attached hydrogens (tertiary/aromatic N) is 2. The van der Waals surface area contributed by atoms with Gasteiger partial charge in [-0.15, -0.1) is 6.42 Å². The van der Waals surface area contributed by atoms with Gasteiger partial charge in [0.25, 0.3) is 5.91 Å². The molecule has 2 aromatic rings. The largest absolute Gasteiger partial charge is 0.354 e. The number of halogens is 1. The molecule has 1 saturated heterocycles. The van der Waals surface area contributed by atoms with Crippen LogP contribution in [0.15, 0.2) is 53.4 Å². The molecule has 0 aliphatic carbocycles. The van der Waals surface area contributed by atoms with E-state index in [9.17, 15) is 22.4 Å². The molecule has 2 amide bonds. The highest BCUT2D eigenvalue weighted by Gasteiger charge is 2.30.